The van der Waals surface area contributed by atoms with E-state index < -0.39 is 0 Å². The number of para-hydroxylation sites is 1. The highest BCUT2D eigenvalue weighted by molar-refractivity contribution is 14.0. The molecule has 1 unspecified atom stereocenters. The lowest BCUT2D eigenvalue weighted by Gasteiger charge is -2.21. The summed E-state index contributed by atoms with van der Waals surface area (Å²) >= 11 is 3.64. The number of hydrogen-bond donors (Lipinski definition) is 2. The van der Waals surface area contributed by atoms with Crippen LogP contribution in [0.5, 0.6) is 5.75 Å². The molecule has 7 heteroatoms. The molecular formula is C20H26BrIN4O. The number of benzene rings is 2. The third-order valence-electron chi connectivity index (χ3n) is 4.54. The van der Waals surface area contributed by atoms with Crippen LogP contribution in [-0.2, 0) is 6.54 Å². The van der Waals surface area contributed by atoms with Gasteiger partial charge in [-0.1, -0.05) is 24.3 Å². The average Bonchev–Trinajstić information content (AvgIpc) is 3.14. The second-order valence-electron chi connectivity index (χ2n) is 6.30. The second kappa shape index (κ2) is 10.8. The largest absolute Gasteiger partial charge is 0.497 e. The van der Waals surface area contributed by atoms with Crippen LogP contribution in [0.1, 0.15) is 12.0 Å². The second-order valence-corrected chi connectivity index (χ2v) is 7.16. The van der Waals surface area contributed by atoms with Crippen molar-refractivity contribution in [3.8, 4) is 5.75 Å². The maximum absolute atomic E-state index is 5.28. The molecule has 2 N–H and O–H groups in total. The summed E-state index contributed by atoms with van der Waals surface area (Å²) in [5.74, 6) is 1.69. The molecule has 1 atom stereocenters. The number of halogens is 2. The Labute approximate surface area is 186 Å². The Hall–Kier alpha value is -1.48. The first-order valence-corrected chi connectivity index (χ1v) is 9.58. The van der Waals surface area contributed by atoms with Gasteiger partial charge in [0.2, 0.25) is 0 Å². The summed E-state index contributed by atoms with van der Waals surface area (Å²) in [6.45, 7) is 2.70. The fourth-order valence-corrected chi connectivity index (χ4v) is 3.70. The molecule has 1 saturated heterocycles. The molecule has 1 heterocycles. The maximum atomic E-state index is 5.28. The van der Waals surface area contributed by atoms with Gasteiger partial charge in [0.1, 0.15) is 5.75 Å². The number of rotatable bonds is 5. The molecule has 0 aromatic heterocycles. The van der Waals surface area contributed by atoms with E-state index in [2.05, 4.69) is 60.7 Å². The molecule has 0 aliphatic carbocycles. The van der Waals surface area contributed by atoms with Gasteiger partial charge in [-0.25, -0.2) is 0 Å². The van der Waals surface area contributed by atoms with Crippen LogP contribution in [0.2, 0.25) is 0 Å². The van der Waals surface area contributed by atoms with E-state index in [0.29, 0.717) is 12.6 Å². The first kappa shape index (κ1) is 21.8. The van der Waals surface area contributed by atoms with Crippen molar-refractivity contribution in [2.45, 2.75) is 19.0 Å². The number of aliphatic imine (C=N–C) groups is 1. The lowest BCUT2D eigenvalue weighted by atomic mass is 10.2. The van der Waals surface area contributed by atoms with E-state index in [1.807, 2.05) is 24.3 Å². The van der Waals surface area contributed by atoms with Crippen molar-refractivity contribution in [3.05, 3.63) is 58.6 Å². The molecule has 1 aliphatic heterocycles. The van der Waals surface area contributed by atoms with Crippen LogP contribution < -0.4 is 20.3 Å². The third kappa shape index (κ3) is 6.00. The number of nitrogens with zero attached hydrogens (tertiary/aromatic N) is 2. The van der Waals surface area contributed by atoms with Crippen molar-refractivity contribution in [1.82, 2.24) is 10.6 Å². The minimum atomic E-state index is 0. The smallest absolute Gasteiger partial charge is 0.191 e. The first-order valence-electron chi connectivity index (χ1n) is 8.79. The van der Waals surface area contributed by atoms with Gasteiger partial charge in [0, 0.05) is 37.2 Å². The topological polar surface area (TPSA) is 48.9 Å². The van der Waals surface area contributed by atoms with Gasteiger partial charge < -0.3 is 20.3 Å². The molecule has 0 saturated carbocycles. The molecule has 5 nitrogen and oxygen atoms in total. The number of nitrogens with one attached hydrogen (secondary N) is 2. The molecule has 2 aromatic rings. The Kier molecular flexibility index (Phi) is 8.69. The SMILES string of the molecule is CN=C(NCc1cccc(OC)c1)NC1CCN(c2ccccc2Br)C1.I. The van der Waals surface area contributed by atoms with Gasteiger partial charge >= 0.3 is 0 Å². The molecule has 0 spiro atoms. The summed E-state index contributed by atoms with van der Waals surface area (Å²) in [5.41, 5.74) is 2.41. The van der Waals surface area contributed by atoms with E-state index in [1.165, 1.54) is 5.69 Å². The van der Waals surface area contributed by atoms with Crippen LogP contribution in [0.25, 0.3) is 0 Å². The molecule has 3 rings (SSSR count). The van der Waals surface area contributed by atoms with Crippen molar-refractivity contribution in [2.75, 3.05) is 32.1 Å². The highest BCUT2D eigenvalue weighted by atomic mass is 127. The Morgan fingerprint density at radius 2 is 2.07 bits per heavy atom. The quantitative estimate of drug-likeness (QED) is 0.339. The Morgan fingerprint density at radius 1 is 1.26 bits per heavy atom. The minimum absolute atomic E-state index is 0. The summed E-state index contributed by atoms with van der Waals surface area (Å²) in [4.78, 5) is 6.76. The Morgan fingerprint density at radius 3 is 2.81 bits per heavy atom. The van der Waals surface area contributed by atoms with Crippen LogP contribution in [0.15, 0.2) is 58.0 Å². The summed E-state index contributed by atoms with van der Waals surface area (Å²) < 4.78 is 6.42. The van der Waals surface area contributed by atoms with Gasteiger partial charge in [0.25, 0.3) is 0 Å². The van der Waals surface area contributed by atoms with Crippen molar-refractivity contribution in [1.29, 1.82) is 0 Å². The van der Waals surface area contributed by atoms with Crippen molar-refractivity contribution in [3.63, 3.8) is 0 Å². The van der Waals surface area contributed by atoms with Crippen molar-refractivity contribution >= 4 is 51.6 Å². The van der Waals surface area contributed by atoms with Gasteiger partial charge in [0.05, 0.1) is 12.8 Å². The predicted molar refractivity (Wildman–Crippen MR) is 127 cm³/mol. The summed E-state index contributed by atoms with van der Waals surface area (Å²) in [5, 5.41) is 6.92. The van der Waals surface area contributed by atoms with E-state index in [-0.39, 0.29) is 24.0 Å². The molecule has 27 heavy (non-hydrogen) atoms. The van der Waals surface area contributed by atoms with E-state index >= 15 is 0 Å². The normalized spacial score (nSPS) is 16.6. The van der Waals surface area contributed by atoms with Crippen molar-refractivity contribution in [2.24, 2.45) is 4.99 Å². The summed E-state index contributed by atoms with van der Waals surface area (Å²) in [7, 11) is 3.49. The summed E-state index contributed by atoms with van der Waals surface area (Å²) in [6.07, 6.45) is 1.08. The van der Waals surface area contributed by atoms with Crippen LogP contribution in [0.4, 0.5) is 5.69 Å². The monoisotopic (exact) mass is 544 g/mol. The number of anilines is 1. The molecule has 146 valence electrons. The number of ether oxygens (including phenoxy) is 1. The molecule has 1 fully saturated rings. The summed E-state index contributed by atoms with van der Waals surface area (Å²) in [6, 6.07) is 16.8. The van der Waals surface area contributed by atoms with Crippen LogP contribution in [0.3, 0.4) is 0 Å². The fourth-order valence-electron chi connectivity index (χ4n) is 3.16. The predicted octanol–water partition coefficient (Wildman–Crippen LogP) is 4.02. The number of methoxy groups -OCH3 is 1. The molecule has 1 aliphatic rings. The highest BCUT2D eigenvalue weighted by Crippen LogP contribution is 2.28. The van der Waals surface area contributed by atoms with Crippen LogP contribution in [-0.4, -0.2) is 39.2 Å². The van der Waals surface area contributed by atoms with Crippen molar-refractivity contribution < 1.29 is 4.74 Å². The standard InChI is InChI=1S/C20H25BrN4O.HI/c1-22-20(23-13-15-6-5-7-17(12-15)26-2)24-16-10-11-25(14-16)19-9-4-3-8-18(19)21;/h3-9,12,16H,10-11,13-14H2,1-2H3,(H2,22,23,24);1H. The van der Waals surface area contributed by atoms with E-state index in [1.54, 1.807) is 14.2 Å². The van der Waals surface area contributed by atoms with E-state index in [4.69, 9.17) is 4.74 Å². The van der Waals surface area contributed by atoms with Gasteiger partial charge in [-0.05, 0) is 52.2 Å². The lowest BCUT2D eigenvalue weighted by Crippen LogP contribution is -2.44. The zero-order valence-electron chi connectivity index (χ0n) is 15.6. The lowest BCUT2D eigenvalue weighted by molar-refractivity contribution is 0.414. The molecule has 0 bridgehead atoms. The Balaban J connectivity index is 0.00000261. The maximum Gasteiger partial charge on any atom is 0.191 e. The molecule has 2 aromatic carbocycles. The third-order valence-corrected chi connectivity index (χ3v) is 5.21. The zero-order chi connectivity index (χ0) is 18.4. The molecule has 0 amide bonds. The van der Waals surface area contributed by atoms with Gasteiger partial charge in [-0.3, -0.25) is 4.99 Å². The van der Waals surface area contributed by atoms with Gasteiger partial charge in [-0.15, -0.1) is 24.0 Å². The zero-order valence-corrected chi connectivity index (χ0v) is 19.5. The highest BCUT2D eigenvalue weighted by Gasteiger charge is 2.24. The Bertz CT molecular complexity index is 771. The van der Waals surface area contributed by atoms with Gasteiger partial charge in [0.15, 0.2) is 5.96 Å². The number of hydrogen-bond acceptors (Lipinski definition) is 3. The van der Waals surface area contributed by atoms with Crippen LogP contribution in [0, 0.1) is 0 Å². The van der Waals surface area contributed by atoms with Crippen LogP contribution >= 0.6 is 39.9 Å². The number of guanidine groups is 1. The minimum Gasteiger partial charge on any atom is -0.497 e. The molecular weight excluding hydrogens is 519 g/mol. The van der Waals surface area contributed by atoms with E-state index in [0.717, 1.165) is 41.3 Å². The first-order chi connectivity index (χ1) is 12.7. The van der Waals surface area contributed by atoms with E-state index in [9.17, 15) is 0 Å². The molecule has 0 radical (unpaired) electrons. The average molecular weight is 545 g/mol. The fraction of sp³-hybridized carbons (Fsp3) is 0.350. The van der Waals surface area contributed by atoms with Gasteiger partial charge in [-0.2, -0.15) is 0 Å².